The largest absolute Gasteiger partial charge is 0.494 e. The average molecular weight is 461 g/mol. The minimum absolute atomic E-state index is 0.477. The molecule has 0 saturated heterocycles. The zero-order valence-electron chi connectivity index (χ0n) is 19.8. The van der Waals surface area contributed by atoms with Gasteiger partial charge in [-0.05, 0) is 64.1 Å². The van der Waals surface area contributed by atoms with Gasteiger partial charge in [-0.1, -0.05) is 98.4 Å². The number of hydrogen-bond donors (Lipinski definition) is 0. The fraction of sp³-hybridized carbons (Fsp3) is 0.0938. The van der Waals surface area contributed by atoms with E-state index in [9.17, 15) is 4.79 Å². The monoisotopic (exact) mass is 460 g/mol. The first kappa shape index (κ1) is 23.8. The Kier molecular flexibility index (Phi) is 7.92. The molecule has 4 rings (SSSR count). The highest BCUT2D eigenvalue weighted by atomic mass is 16.5. The van der Waals surface area contributed by atoms with E-state index in [2.05, 4.69) is 62.0 Å². The van der Waals surface area contributed by atoms with Crippen LogP contribution in [0.3, 0.4) is 0 Å². The van der Waals surface area contributed by atoms with Crippen molar-refractivity contribution in [1.29, 1.82) is 0 Å². The van der Waals surface area contributed by atoms with Gasteiger partial charge < -0.3 is 9.47 Å². The zero-order valence-corrected chi connectivity index (χ0v) is 19.8. The van der Waals surface area contributed by atoms with Gasteiger partial charge in [0.2, 0.25) is 0 Å². The normalized spacial score (nSPS) is 11.3. The lowest BCUT2D eigenvalue weighted by Gasteiger charge is -2.18. The third kappa shape index (κ3) is 5.96. The Labute approximate surface area is 207 Å². The minimum Gasteiger partial charge on any atom is -0.494 e. The molecule has 4 aromatic carbocycles. The van der Waals surface area contributed by atoms with Crippen molar-refractivity contribution in [2.75, 3.05) is 6.61 Å². The first-order valence-corrected chi connectivity index (χ1v) is 11.7. The van der Waals surface area contributed by atoms with Crippen molar-refractivity contribution in [3.05, 3.63) is 144 Å². The molecule has 0 heterocycles. The van der Waals surface area contributed by atoms with Crippen LogP contribution in [-0.4, -0.2) is 12.6 Å². The first-order valence-electron chi connectivity index (χ1n) is 11.7. The maximum atomic E-state index is 11.6. The molecule has 0 aromatic heterocycles. The quantitative estimate of drug-likeness (QED) is 0.112. The highest BCUT2D eigenvalue weighted by molar-refractivity contribution is 6.04. The standard InChI is InChI=1S/C32H28O3/c1-3-23-34-28-19-15-26(16-20-28)31(24-11-7-5-8-12-24)32(25-13-9-6-10-14-25)27-17-21-29(22-18-27)35-30(33)4-2/h4-22H,2-3,23H2,1H3/b32-31+. The lowest BCUT2D eigenvalue weighted by molar-refractivity contribution is -0.128. The molecule has 0 saturated carbocycles. The Morgan fingerprint density at radius 3 is 1.51 bits per heavy atom. The molecular weight excluding hydrogens is 432 g/mol. The summed E-state index contributed by atoms with van der Waals surface area (Å²) >= 11 is 0. The summed E-state index contributed by atoms with van der Waals surface area (Å²) < 4.78 is 11.1. The molecule has 0 spiro atoms. The lowest BCUT2D eigenvalue weighted by atomic mass is 9.86. The molecule has 0 fully saturated rings. The third-order valence-electron chi connectivity index (χ3n) is 5.52. The van der Waals surface area contributed by atoms with Crippen molar-refractivity contribution in [2.45, 2.75) is 13.3 Å². The molecule has 4 aromatic rings. The second-order valence-corrected chi connectivity index (χ2v) is 8.00. The number of hydrogen-bond acceptors (Lipinski definition) is 3. The smallest absolute Gasteiger partial charge is 0.335 e. The molecule has 174 valence electrons. The summed E-state index contributed by atoms with van der Waals surface area (Å²) in [7, 11) is 0. The van der Waals surface area contributed by atoms with E-state index in [-0.39, 0.29) is 0 Å². The van der Waals surface area contributed by atoms with Gasteiger partial charge in [0, 0.05) is 6.08 Å². The maximum absolute atomic E-state index is 11.6. The van der Waals surface area contributed by atoms with E-state index in [1.165, 1.54) is 0 Å². The molecule has 0 amide bonds. The van der Waals surface area contributed by atoms with E-state index in [1.807, 2.05) is 60.7 Å². The van der Waals surface area contributed by atoms with Gasteiger partial charge in [-0.3, -0.25) is 0 Å². The Morgan fingerprint density at radius 2 is 1.09 bits per heavy atom. The number of ether oxygens (including phenoxy) is 2. The van der Waals surface area contributed by atoms with Crippen molar-refractivity contribution in [3.8, 4) is 11.5 Å². The van der Waals surface area contributed by atoms with E-state index in [4.69, 9.17) is 9.47 Å². The Balaban J connectivity index is 1.91. The molecule has 0 radical (unpaired) electrons. The topological polar surface area (TPSA) is 35.5 Å². The summed E-state index contributed by atoms with van der Waals surface area (Å²) in [6.45, 7) is 6.26. The summed E-state index contributed by atoms with van der Waals surface area (Å²) in [5, 5.41) is 0. The van der Waals surface area contributed by atoms with Crippen LogP contribution in [0.5, 0.6) is 11.5 Å². The highest BCUT2D eigenvalue weighted by Crippen LogP contribution is 2.37. The molecule has 0 aliphatic carbocycles. The van der Waals surface area contributed by atoms with Crippen LogP contribution in [0.2, 0.25) is 0 Å². The molecular formula is C32H28O3. The average Bonchev–Trinajstić information content (AvgIpc) is 2.92. The molecule has 0 atom stereocenters. The van der Waals surface area contributed by atoms with Crippen LogP contribution in [0.15, 0.2) is 122 Å². The van der Waals surface area contributed by atoms with Gasteiger partial charge in [-0.15, -0.1) is 0 Å². The number of esters is 1. The fourth-order valence-electron chi connectivity index (χ4n) is 3.91. The first-order chi connectivity index (χ1) is 17.2. The van der Waals surface area contributed by atoms with Gasteiger partial charge in [-0.2, -0.15) is 0 Å². The Morgan fingerprint density at radius 1 is 0.657 bits per heavy atom. The molecule has 0 aliphatic rings. The maximum Gasteiger partial charge on any atom is 0.335 e. The van der Waals surface area contributed by atoms with Crippen molar-refractivity contribution in [1.82, 2.24) is 0 Å². The van der Waals surface area contributed by atoms with E-state index >= 15 is 0 Å². The molecule has 3 nitrogen and oxygen atoms in total. The van der Waals surface area contributed by atoms with Gasteiger partial charge in [0.05, 0.1) is 6.61 Å². The van der Waals surface area contributed by atoms with Crippen LogP contribution < -0.4 is 9.47 Å². The Bertz CT molecular complexity index is 1290. The number of carbonyl (C=O) groups excluding carboxylic acids is 1. The summed E-state index contributed by atoms with van der Waals surface area (Å²) in [5.41, 5.74) is 6.49. The van der Waals surface area contributed by atoms with E-state index in [1.54, 1.807) is 0 Å². The number of carbonyl (C=O) groups is 1. The fourth-order valence-corrected chi connectivity index (χ4v) is 3.91. The molecule has 0 unspecified atom stereocenters. The van der Waals surface area contributed by atoms with Gasteiger partial charge in [-0.25, -0.2) is 4.79 Å². The summed E-state index contributed by atoms with van der Waals surface area (Å²) in [6, 6.07) is 36.5. The molecule has 0 aliphatic heterocycles. The van der Waals surface area contributed by atoms with E-state index in [0.717, 1.165) is 51.6 Å². The zero-order chi connectivity index (χ0) is 24.5. The molecule has 35 heavy (non-hydrogen) atoms. The molecule has 0 bridgehead atoms. The van der Waals surface area contributed by atoms with E-state index < -0.39 is 5.97 Å². The van der Waals surface area contributed by atoms with Crippen molar-refractivity contribution in [3.63, 3.8) is 0 Å². The van der Waals surface area contributed by atoms with Crippen LogP contribution in [0, 0.1) is 0 Å². The third-order valence-corrected chi connectivity index (χ3v) is 5.52. The van der Waals surface area contributed by atoms with E-state index in [0.29, 0.717) is 12.4 Å². The van der Waals surface area contributed by atoms with Gasteiger partial charge in [0.25, 0.3) is 0 Å². The summed E-state index contributed by atoms with van der Waals surface area (Å²) in [5.74, 6) is 0.856. The van der Waals surface area contributed by atoms with Crippen LogP contribution in [0.1, 0.15) is 35.6 Å². The van der Waals surface area contributed by atoms with Gasteiger partial charge in [0.1, 0.15) is 11.5 Å². The summed E-state index contributed by atoms with van der Waals surface area (Å²) in [6.07, 6.45) is 2.12. The van der Waals surface area contributed by atoms with Crippen LogP contribution in [0.4, 0.5) is 0 Å². The second-order valence-electron chi connectivity index (χ2n) is 8.00. The number of benzene rings is 4. The van der Waals surface area contributed by atoms with Crippen molar-refractivity contribution < 1.29 is 14.3 Å². The predicted molar refractivity (Wildman–Crippen MR) is 142 cm³/mol. The van der Waals surface area contributed by atoms with Crippen LogP contribution in [-0.2, 0) is 4.79 Å². The Hall–Kier alpha value is -4.37. The minimum atomic E-state index is -0.480. The van der Waals surface area contributed by atoms with Crippen molar-refractivity contribution in [2.24, 2.45) is 0 Å². The molecule has 3 heteroatoms. The summed E-state index contributed by atoms with van der Waals surface area (Å²) in [4.78, 5) is 11.6. The van der Waals surface area contributed by atoms with Crippen LogP contribution >= 0.6 is 0 Å². The second kappa shape index (κ2) is 11.7. The SMILES string of the molecule is C=CC(=O)Oc1ccc(/C(=C(\c2ccccc2)c2ccc(OCCC)cc2)c2ccccc2)cc1. The predicted octanol–water partition coefficient (Wildman–Crippen LogP) is 7.57. The lowest BCUT2D eigenvalue weighted by Crippen LogP contribution is -2.03. The van der Waals surface area contributed by atoms with Gasteiger partial charge >= 0.3 is 5.97 Å². The number of rotatable bonds is 9. The van der Waals surface area contributed by atoms with Crippen LogP contribution in [0.25, 0.3) is 11.1 Å². The highest BCUT2D eigenvalue weighted by Gasteiger charge is 2.16. The van der Waals surface area contributed by atoms with Gasteiger partial charge in [0.15, 0.2) is 0 Å². The van der Waals surface area contributed by atoms with Crippen molar-refractivity contribution >= 4 is 17.1 Å². The molecule has 0 N–H and O–H groups in total.